The van der Waals surface area contributed by atoms with E-state index in [1.54, 1.807) is 0 Å². The molecule has 0 spiro atoms. The molecule has 0 atom stereocenters. The van der Waals surface area contributed by atoms with E-state index in [4.69, 9.17) is 0 Å². The van der Waals surface area contributed by atoms with Crippen LogP contribution in [0.25, 0.3) is 0 Å². The summed E-state index contributed by atoms with van der Waals surface area (Å²) >= 11 is 2.02. The van der Waals surface area contributed by atoms with E-state index in [9.17, 15) is 0 Å². The maximum absolute atomic E-state index is 3.61. The fourth-order valence-electron chi connectivity index (χ4n) is 1.67. The highest BCUT2D eigenvalue weighted by Crippen LogP contribution is 2.27. The average Bonchev–Trinajstić information content (AvgIpc) is 2.12. The molecule has 2 heteroatoms. The van der Waals surface area contributed by atoms with Crippen LogP contribution in [0.3, 0.4) is 0 Å². The minimum Gasteiger partial charge on any atom is -0.380 e. The Bertz CT molecular complexity index is 305. The predicted octanol–water partition coefficient (Wildman–Crippen LogP) is 3.34. The van der Waals surface area contributed by atoms with E-state index < -0.39 is 0 Å². The first kappa shape index (κ1) is 9.91. The second kappa shape index (κ2) is 4.26. The number of hydrogen-bond acceptors (Lipinski definition) is 2. The van der Waals surface area contributed by atoms with E-state index in [-0.39, 0.29) is 0 Å². The summed E-state index contributed by atoms with van der Waals surface area (Å²) in [5.41, 5.74) is 2.76. The van der Waals surface area contributed by atoms with Crippen molar-refractivity contribution < 1.29 is 0 Å². The molecule has 1 saturated heterocycles. The molecule has 0 unspecified atom stereocenters. The molecular weight excluding hydrogens is 190 g/mol. The Labute approximate surface area is 90.3 Å². The largest absolute Gasteiger partial charge is 0.380 e. The summed E-state index contributed by atoms with van der Waals surface area (Å²) in [6.45, 7) is 4.49. The quantitative estimate of drug-likeness (QED) is 0.816. The lowest BCUT2D eigenvalue weighted by molar-refractivity contribution is 0.841. The van der Waals surface area contributed by atoms with Gasteiger partial charge >= 0.3 is 0 Å². The van der Waals surface area contributed by atoms with Crippen LogP contribution in [0.1, 0.15) is 25.3 Å². The Kier molecular flexibility index (Phi) is 3.02. The van der Waals surface area contributed by atoms with E-state index >= 15 is 0 Å². The molecule has 76 valence electrons. The SMILES string of the molecule is CC(C)c1ccccc1NC1CSC1. The molecule has 0 radical (unpaired) electrons. The third kappa shape index (κ3) is 2.06. The molecule has 1 heterocycles. The highest BCUT2D eigenvalue weighted by atomic mass is 32.2. The lowest BCUT2D eigenvalue weighted by Gasteiger charge is -2.28. The van der Waals surface area contributed by atoms with E-state index in [1.165, 1.54) is 22.8 Å². The highest BCUT2D eigenvalue weighted by Gasteiger charge is 2.18. The topological polar surface area (TPSA) is 12.0 Å². The van der Waals surface area contributed by atoms with Crippen LogP contribution in [0.2, 0.25) is 0 Å². The van der Waals surface area contributed by atoms with Crippen LogP contribution in [0.15, 0.2) is 24.3 Å². The summed E-state index contributed by atoms with van der Waals surface area (Å²) in [6, 6.07) is 9.34. The van der Waals surface area contributed by atoms with Gasteiger partial charge in [-0.15, -0.1) is 0 Å². The zero-order valence-electron chi connectivity index (χ0n) is 8.79. The zero-order valence-corrected chi connectivity index (χ0v) is 9.60. The summed E-state index contributed by atoms with van der Waals surface area (Å²) < 4.78 is 0. The molecule has 2 rings (SSSR count). The third-order valence-corrected chi connectivity index (χ3v) is 3.86. The van der Waals surface area contributed by atoms with Crippen LogP contribution >= 0.6 is 11.8 Å². The summed E-state index contributed by atoms with van der Waals surface area (Å²) in [6.07, 6.45) is 0. The van der Waals surface area contributed by atoms with Gasteiger partial charge in [-0.3, -0.25) is 0 Å². The Hall–Kier alpha value is -0.630. The first-order chi connectivity index (χ1) is 6.77. The van der Waals surface area contributed by atoms with Gasteiger partial charge in [0.15, 0.2) is 0 Å². The van der Waals surface area contributed by atoms with Crippen LogP contribution in [-0.2, 0) is 0 Å². The average molecular weight is 207 g/mol. The van der Waals surface area contributed by atoms with E-state index in [2.05, 4.69) is 43.4 Å². The van der Waals surface area contributed by atoms with Gasteiger partial charge in [-0.1, -0.05) is 32.0 Å². The molecule has 0 amide bonds. The predicted molar refractivity (Wildman–Crippen MR) is 65.3 cm³/mol. The minimum atomic E-state index is 0.603. The Balaban J connectivity index is 2.13. The van der Waals surface area contributed by atoms with Gasteiger partial charge in [-0.2, -0.15) is 11.8 Å². The van der Waals surface area contributed by atoms with Crippen molar-refractivity contribution in [3.05, 3.63) is 29.8 Å². The number of rotatable bonds is 3. The molecule has 1 aromatic carbocycles. The monoisotopic (exact) mass is 207 g/mol. The molecule has 0 bridgehead atoms. The van der Waals surface area contributed by atoms with Crippen molar-refractivity contribution in [1.82, 2.24) is 0 Å². The fraction of sp³-hybridized carbons (Fsp3) is 0.500. The summed E-state index contributed by atoms with van der Waals surface area (Å²) in [5, 5.41) is 3.61. The standard InChI is InChI=1S/C12H17NS/c1-9(2)11-5-3-4-6-12(11)13-10-7-14-8-10/h3-6,9-10,13H,7-8H2,1-2H3. The third-order valence-electron chi connectivity index (χ3n) is 2.58. The molecule has 1 N–H and O–H groups in total. The molecule has 0 aromatic heterocycles. The van der Waals surface area contributed by atoms with Crippen molar-refractivity contribution in [3.8, 4) is 0 Å². The van der Waals surface area contributed by atoms with Gasteiger partial charge in [0.05, 0.1) is 0 Å². The molecular formula is C12H17NS. The van der Waals surface area contributed by atoms with Crippen molar-refractivity contribution in [2.45, 2.75) is 25.8 Å². The van der Waals surface area contributed by atoms with Crippen molar-refractivity contribution in [3.63, 3.8) is 0 Å². The van der Waals surface area contributed by atoms with Crippen molar-refractivity contribution in [2.75, 3.05) is 16.8 Å². The molecule has 1 aliphatic rings. The van der Waals surface area contributed by atoms with Crippen molar-refractivity contribution >= 4 is 17.4 Å². The maximum atomic E-state index is 3.61. The first-order valence-electron chi connectivity index (χ1n) is 5.20. The normalized spacial score (nSPS) is 16.8. The summed E-state index contributed by atoms with van der Waals surface area (Å²) in [4.78, 5) is 0. The van der Waals surface area contributed by atoms with E-state index in [0.29, 0.717) is 12.0 Å². The van der Waals surface area contributed by atoms with Gasteiger partial charge in [0, 0.05) is 23.2 Å². The molecule has 0 saturated carbocycles. The van der Waals surface area contributed by atoms with Gasteiger partial charge < -0.3 is 5.32 Å². The van der Waals surface area contributed by atoms with Gasteiger partial charge in [-0.25, -0.2) is 0 Å². The Morgan fingerprint density at radius 3 is 2.57 bits per heavy atom. The molecule has 1 aliphatic heterocycles. The van der Waals surface area contributed by atoms with Gasteiger partial charge in [0.1, 0.15) is 0 Å². The summed E-state index contributed by atoms with van der Waals surface area (Å²) in [7, 11) is 0. The number of thioether (sulfide) groups is 1. The van der Waals surface area contributed by atoms with Gasteiger partial charge in [0.25, 0.3) is 0 Å². The maximum Gasteiger partial charge on any atom is 0.0442 e. The van der Waals surface area contributed by atoms with Crippen LogP contribution in [0.5, 0.6) is 0 Å². The van der Waals surface area contributed by atoms with Crippen LogP contribution in [-0.4, -0.2) is 17.5 Å². The lowest BCUT2D eigenvalue weighted by Crippen LogP contribution is -2.33. The number of anilines is 1. The van der Waals surface area contributed by atoms with E-state index in [0.717, 1.165) is 0 Å². The molecule has 1 nitrogen and oxygen atoms in total. The van der Waals surface area contributed by atoms with Crippen LogP contribution in [0, 0.1) is 0 Å². The minimum absolute atomic E-state index is 0.603. The second-order valence-electron chi connectivity index (χ2n) is 4.12. The molecule has 14 heavy (non-hydrogen) atoms. The fourth-order valence-corrected chi connectivity index (χ4v) is 2.31. The second-order valence-corrected chi connectivity index (χ2v) is 5.20. The van der Waals surface area contributed by atoms with Crippen molar-refractivity contribution in [1.29, 1.82) is 0 Å². The van der Waals surface area contributed by atoms with Gasteiger partial charge in [-0.05, 0) is 17.5 Å². The summed E-state index contributed by atoms with van der Waals surface area (Å²) in [5.74, 6) is 3.12. The number of para-hydroxylation sites is 1. The number of hydrogen-bond donors (Lipinski definition) is 1. The smallest absolute Gasteiger partial charge is 0.0442 e. The lowest BCUT2D eigenvalue weighted by atomic mass is 10.0. The molecule has 1 aromatic rings. The first-order valence-corrected chi connectivity index (χ1v) is 6.36. The number of nitrogens with one attached hydrogen (secondary N) is 1. The van der Waals surface area contributed by atoms with Gasteiger partial charge in [0.2, 0.25) is 0 Å². The van der Waals surface area contributed by atoms with E-state index in [1.807, 2.05) is 11.8 Å². The van der Waals surface area contributed by atoms with Crippen LogP contribution in [0.4, 0.5) is 5.69 Å². The Morgan fingerprint density at radius 2 is 2.00 bits per heavy atom. The Morgan fingerprint density at radius 1 is 1.29 bits per heavy atom. The molecule has 0 aliphatic carbocycles. The van der Waals surface area contributed by atoms with Crippen molar-refractivity contribution in [2.24, 2.45) is 0 Å². The highest BCUT2D eigenvalue weighted by molar-refractivity contribution is 8.00. The molecule has 1 fully saturated rings. The number of benzene rings is 1. The zero-order chi connectivity index (χ0) is 9.97. The van der Waals surface area contributed by atoms with Crippen LogP contribution < -0.4 is 5.32 Å².